The number of para-hydroxylation sites is 2. The number of aromatic nitrogens is 1. The second kappa shape index (κ2) is 13.6. The Kier molecular flexibility index (Phi) is 9.51. The zero-order valence-electron chi connectivity index (χ0n) is 24.6. The molecule has 1 fully saturated rings. The van der Waals surface area contributed by atoms with Gasteiger partial charge in [-0.25, -0.2) is 4.98 Å². The molecule has 2 aliphatic rings. The Morgan fingerprint density at radius 3 is 2.28 bits per heavy atom. The number of anilines is 1. The molecule has 0 spiro atoms. The number of benzene rings is 2. The summed E-state index contributed by atoms with van der Waals surface area (Å²) in [6, 6.07) is 10.8. The summed E-state index contributed by atoms with van der Waals surface area (Å²) in [6.07, 6.45) is 8.73. The van der Waals surface area contributed by atoms with E-state index in [0.29, 0.717) is 29.4 Å². The third kappa shape index (κ3) is 6.77. The lowest BCUT2D eigenvalue weighted by Gasteiger charge is -2.36. The van der Waals surface area contributed by atoms with Gasteiger partial charge in [0, 0.05) is 48.2 Å². The molecule has 2 amide bonds. The van der Waals surface area contributed by atoms with Crippen molar-refractivity contribution in [3.63, 3.8) is 0 Å². The van der Waals surface area contributed by atoms with Crippen LogP contribution in [-0.2, 0) is 9.59 Å². The Morgan fingerprint density at radius 2 is 1.63 bits per heavy atom. The monoisotopic (exact) mass is 604 g/mol. The highest BCUT2D eigenvalue weighted by Crippen LogP contribution is 2.40. The molecule has 3 N–H and O–H groups in total. The van der Waals surface area contributed by atoms with E-state index >= 15 is 0 Å². The average molecular weight is 605 g/mol. The molecule has 3 aromatic rings. The van der Waals surface area contributed by atoms with Gasteiger partial charge < -0.3 is 34.9 Å². The summed E-state index contributed by atoms with van der Waals surface area (Å²) in [6.45, 7) is 0.779. The maximum atomic E-state index is 12.9. The first-order valence-corrected chi connectivity index (χ1v) is 14.9. The van der Waals surface area contributed by atoms with Crippen LogP contribution in [0.3, 0.4) is 0 Å². The molecule has 1 aromatic heterocycles. The van der Waals surface area contributed by atoms with E-state index < -0.39 is 0 Å². The van der Waals surface area contributed by atoms with Crippen molar-refractivity contribution in [1.29, 1.82) is 0 Å². The molecule has 0 bridgehead atoms. The normalized spacial score (nSPS) is 19.8. The first-order valence-electron chi connectivity index (χ1n) is 14.1. The van der Waals surface area contributed by atoms with Gasteiger partial charge in [-0.3, -0.25) is 9.59 Å². The van der Waals surface area contributed by atoms with E-state index in [4.69, 9.17) is 23.9 Å². The van der Waals surface area contributed by atoms with Crippen molar-refractivity contribution >= 4 is 46.4 Å². The summed E-state index contributed by atoms with van der Waals surface area (Å²) in [5, 5.41) is 11.5. The largest absolute Gasteiger partial charge is 0.493 e. The number of hydrogen-bond donors (Lipinski definition) is 3. The third-order valence-corrected chi connectivity index (χ3v) is 8.59. The molecule has 3 atom stereocenters. The molecule has 11 heteroatoms. The van der Waals surface area contributed by atoms with Gasteiger partial charge in [-0.05, 0) is 43.2 Å². The van der Waals surface area contributed by atoms with E-state index in [1.807, 2.05) is 42.5 Å². The lowest BCUT2D eigenvalue weighted by Crippen LogP contribution is -2.53. The number of carbonyl (C=O) groups excluding carboxylic acids is 2. The molecule has 3 heterocycles. The maximum Gasteiger partial charge on any atom is 0.244 e. The van der Waals surface area contributed by atoms with Crippen molar-refractivity contribution in [1.82, 2.24) is 15.6 Å². The fourth-order valence-corrected chi connectivity index (χ4v) is 6.61. The van der Waals surface area contributed by atoms with Crippen LogP contribution in [0.1, 0.15) is 47.0 Å². The van der Waals surface area contributed by atoms with E-state index in [1.165, 1.54) is 6.08 Å². The van der Waals surface area contributed by atoms with Crippen LogP contribution in [0.15, 0.2) is 42.5 Å². The van der Waals surface area contributed by atoms with E-state index in [0.717, 1.165) is 39.8 Å². The molecule has 43 heavy (non-hydrogen) atoms. The maximum absolute atomic E-state index is 12.9. The second-order valence-electron chi connectivity index (χ2n) is 10.2. The predicted octanol–water partition coefficient (Wildman–Crippen LogP) is 4.72. The summed E-state index contributed by atoms with van der Waals surface area (Å²) in [7, 11) is 6.36. The van der Waals surface area contributed by atoms with Gasteiger partial charge in [-0.1, -0.05) is 35.6 Å². The van der Waals surface area contributed by atoms with Crippen LogP contribution < -0.4 is 34.9 Å². The number of thiazole rings is 1. The van der Waals surface area contributed by atoms with Crippen molar-refractivity contribution in [2.24, 2.45) is 0 Å². The number of ether oxygens (including phenoxy) is 4. The van der Waals surface area contributed by atoms with Crippen molar-refractivity contribution < 1.29 is 28.5 Å². The van der Waals surface area contributed by atoms with Gasteiger partial charge in [0.25, 0.3) is 0 Å². The van der Waals surface area contributed by atoms with E-state index in [1.54, 1.807) is 51.9 Å². The molecule has 0 radical (unpaired) electrons. The quantitative estimate of drug-likeness (QED) is 0.285. The van der Waals surface area contributed by atoms with Crippen LogP contribution >= 0.6 is 11.3 Å². The number of methoxy groups -OCH3 is 4. The minimum Gasteiger partial charge on any atom is -0.493 e. The highest BCUT2D eigenvalue weighted by molar-refractivity contribution is 7.16. The molecule has 5 rings (SSSR count). The van der Waals surface area contributed by atoms with E-state index in [2.05, 4.69) is 16.0 Å². The molecule has 2 aromatic carbocycles. The van der Waals surface area contributed by atoms with Gasteiger partial charge in [0.15, 0.2) is 23.0 Å². The van der Waals surface area contributed by atoms with E-state index in [9.17, 15) is 9.59 Å². The third-order valence-electron chi connectivity index (χ3n) is 7.60. The fourth-order valence-electron chi connectivity index (χ4n) is 5.64. The van der Waals surface area contributed by atoms with Crippen LogP contribution in [0.25, 0.3) is 18.2 Å². The fraction of sp³-hybridized carbons (Fsp3) is 0.344. The molecule has 10 nitrogen and oxygen atoms in total. The van der Waals surface area contributed by atoms with Gasteiger partial charge >= 0.3 is 0 Å². The number of fused-ring (bicyclic) bond motifs is 1. The Bertz CT molecular complexity index is 1530. The number of nitrogens with zero attached hydrogens (tertiary/aromatic N) is 1. The SMILES string of the molecule is COc1cccc(C=CC(=O)NC2CC(=O)NC(C3CCNc4sc(C=Cc5cccc(OC)c5OC)nc43)C2)c1OC. The minimum atomic E-state index is -0.292. The summed E-state index contributed by atoms with van der Waals surface area (Å²) < 4.78 is 21.7. The first-order chi connectivity index (χ1) is 20.9. The number of hydrogen-bond acceptors (Lipinski definition) is 9. The standard InChI is InChI=1S/C32H36N4O6S/c1-39-24-9-5-7-19(30(24)41-3)11-13-26(37)34-21-17-23(35-27(38)18-21)22-15-16-33-32-29(22)36-28(43-32)14-12-20-8-6-10-25(40-2)31(20)42-4/h5-14,21-23,33H,15-18H2,1-4H3,(H,34,37)(H,35,38). The predicted molar refractivity (Wildman–Crippen MR) is 168 cm³/mol. The Balaban J connectivity index is 1.28. The molecule has 3 unspecified atom stereocenters. The lowest BCUT2D eigenvalue weighted by atomic mass is 9.84. The molecular formula is C32H36N4O6S. The smallest absolute Gasteiger partial charge is 0.244 e. The number of rotatable bonds is 10. The minimum absolute atomic E-state index is 0.0289. The van der Waals surface area contributed by atoms with Crippen LogP contribution in [0, 0.1) is 0 Å². The van der Waals surface area contributed by atoms with Crippen molar-refractivity contribution in [3.8, 4) is 23.0 Å². The topological polar surface area (TPSA) is 120 Å². The Morgan fingerprint density at radius 1 is 0.953 bits per heavy atom. The summed E-state index contributed by atoms with van der Waals surface area (Å²) in [4.78, 5) is 30.6. The van der Waals surface area contributed by atoms with Crippen LogP contribution in [0.5, 0.6) is 23.0 Å². The number of piperidine rings is 1. The number of carbonyl (C=O) groups is 2. The van der Waals surface area contributed by atoms with Crippen molar-refractivity contribution in [2.75, 3.05) is 40.3 Å². The Hall–Kier alpha value is -4.51. The zero-order chi connectivity index (χ0) is 30.3. The number of amides is 2. The first kappa shape index (κ1) is 30.0. The van der Waals surface area contributed by atoms with E-state index in [-0.39, 0.29) is 36.2 Å². The molecule has 2 aliphatic heterocycles. The summed E-state index contributed by atoms with van der Waals surface area (Å²) in [5.41, 5.74) is 2.55. The molecular weight excluding hydrogens is 568 g/mol. The average Bonchev–Trinajstić information content (AvgIpc) is 3.45. The molecule has 0 saturated carbocycles. The molecule has 0 aliphatic carbocycles. The van der Waals surface area contributed by atoms with Gasteiger partial charge in [-0.15, -0.1) is 0 Å². The van der Waals surface area contributed by atoms with Gasteiger partial charge in [0.1, 0.15) is 10.0 Å². The van der Waals surface area contributed by atoms with Crippen molar-refractivity contribution in [3.05, 3.63) is 64.3 Å². The van der Waals surface area contributed by atoms with Crippen LogP contribution in [0.2, 0.25) is 0 Å². The molecule has 1 saturated heterocycles. The summed E-state index contributed by atoms with van der Waals surface area (Å²) in [5.74, 6) is 2.13. The van der Waals surface area contributed by atoms with Crippen LogP contribution in [-0.4, -0.2) is 63.9 Å². The van der Waals surface area contributed by atoms with Crippen molar-refractivity contribution in [2.45, 2.75) is 37.3 Å². The highest BCUT2D eigenvalue weighted by Gasteiger charge is 2.37. The van der Waals surface area contributed by atoms with Gasteiger partial charge in [0.05, 0.1) is 34.1 Å². The zero-order valence-corrected chi connectivity index (χ0v) is 25.5. The van der Waals surface area contributed by atoms with Crippen LogP contribution in [0.4, 0.5) is 5.00 Å². The summed E-state index contributed by atoms with van der Waals surface area (Å²) >= 11 is 1.58. The Labute approximate surface area is 255 Å². The lowest BCUT2D eigenvalue weighted by molar-refractivity contribution is -0.125. The number of nitrogens with one attached hydrogen (secondary N) is 3. The molecule has 226 valence electrons. The highest BCUT2D eigenvalue weighted by atomic mass is 32.1. The second-order valence-corrected chi connectivity index (χ2v) is 11.3. The van der Waals surface area contributed by atoms with Gasteiger partial charge in [-0.2, -0.15) is 0 Å². The van der Waals surface area contributed by atoms with Gasteiger partial charge in [0.2, 0.25) is 11.8 Å².